The number of nitrogens with one attached hydrogen (secondary N) is 1. The largest absolute Gasteiger partial charge is 0.433 e. The first-order valence-corrected chi connectivity index (χ1v) is 10.1. The molecule has 29 heavy (non-hydrogen) atoms. The zero-order chi connectivity index (χ0) is 20.4. The van der Waals surface area contributed by atoms with E-state index in [-0.39, 0.29) is 17.7 Å². The highest BCUT2D eigenvalue weighted by molar-refractivity contribution is 7.13. The molecule has 3 aromatic rings. The predicted molar refractivity (Wildman–Crippen MR) is 106 cm³/mol. The van der Waals surface area contributed by atoms with Gasteiger partial charge in [0.2, 0.25) is 0 Å². The minimum absolute atomic E-state index is 0.0195. The second-order valence-corrected chi connectivity index (χ2v) is 7.71. The SMILES string of the molecule is Cc1csc(NC2CCN(c3cc(C(F)(F)F)nc(-c4ccccn4)n3)CC2)n1. The second kappa shape index (κ2) is 7.94. The quantitative estimate of drug-likeness (QED) is 0.675. The van der Waals surface area contributed by atoms with E-state index in [0.717, 1.165) is 29.7 Å². The third-order valence-electron chi connectivity index (χ3n) is 4.66. The summed E-state index contributed by atoms with van der Waals surface area (Å²) >= 11 is 1.56. The fraction of sp³-hybridized carbons (Fsp3) is 0.368. The van der Waals surface area contributed by atoms with Crippen molar-refractivity contribution in [1.29, 1.82) is 0 Å². The zero-order valence-electron chi connectivity index (χ0n) is 15.6. The molecule has 1 N–H and O–H groups in total. The van der Waals surface area contributed by atoms with Crippen LogP contribution in [0.1, 0.15) is 24.2 Å². The standard InChI is InChI=1S/C19H19F3N6S/c1-12-11-29-18(24-12)25-13-5-8-28(9-6-13)16-10-15(19(20,21)22)26-17(27-16)14-4-2-3-7-23-14/h2-4,7,10-11,13H,5-6,8-9H2,1H3,(H,24,25). The fourth-order valence-electron chi connectivity index (χ4n) is 3.20. The molecule has 0 aromatic carbocycles. The van der Waals surface area contributed by atoms with Gasteiger partial charge in [-0.15, -0.1) is 11.3 Å². The second-order valence-electron chi connectivity index (χ2n) is 6.85. The molecule has 3 aromatic heterocycles. The van der Waals surface area contributed by atoms with Gasteiger partial charge in [0.05, 0.1) is 5.69 Å². The van der Waals surface area contributed by atoms with Gasteiger partial charge < -0.3 is 10.2 Å². The van der Waals surface area contributed by atoms with Crippen LogP contribution in [-0.2, 0) is 6.18 Å². The third-order valence-corrected chi connectivity index (χ3v) is 5.55. The number of nitrogens with zero attached hydrogens (tertiary/aromatic N) is 5. The Morgan fingerprint density at radius 2 is 1.93 bits per heavy atom. The van der Waals surface area contributed by atoms with Crippen molar-refractivity contribution in [2.45, 2.75) is 32.0 Å². The fourth-order valence-corrected chi connectivity index (χ4v) is 3.97. The molecule has 10 heteroatoms. The highest BCUT2D eigenvalue weighted by Gasteiger charge is 2.35. The molecule has 0 atom stereocenters. The van der Waals surface area contributed by atoms with Crippen LogP contribution in [0.3, 0.4) is 0 Å². The predicted octanol–water partition coefficient (Wildman–Crippen LogP) is 4.40. The molecule has 1 fully saturated rings. The van der Waals surface area contributed by atoms with E-state index < -0.39 is 11.9 Å². The van der Waals surface area contributed by atoms with Gasteiger partial charge in [-0.25, -0.2) is 15.0 Å². The maximum absolute atomic E-state index is 13.4. The van der Waals surface area contributed by atoms with Crippen LogP contribution in [0, 0.1) is 6.92 Å². The van der Waals surface area contributed by atoms with E-state index in [1.165, 1.54) is 6.20 Å². The number of rotatable bonds is 4. The van der Waals surface area contributed by atoms with Crippen molar-refractivity contribution in [1.82, 2.24) is 19.9 Å². The van der Waals surface area contributed by atoms with Gasteiger partial charge in [0, 0.05) is 36.8 Å². The van der Waals surface area contributed by atoms with E-state index in [2.05, 4.69) is 25.3 Å². The van der Waals surface area contributed by atoms with Crippen molar-refractivity contribution in [2.24, 2.45) is 0 Å². The van der Waals surface area contributed by atoms with Crippen LogP contribution in [0.15, 0.2) is 35.8 Å². The van der Waals surface area contributed by atoms with Gasteiger partial charge in [0.1, 0.15) is 11.5 Å². The lowest BCUT2D eigenvalue weighted by atomic mass is 10.1. The van der Waals surface area contributed by atoms with Crippen LogP contribution in [-0.4, -0.2) is 39.1 Å². The number of hydrogen-bond donors (Lipinski definition) is 1. The van der Waals surface area contributed by atoms with Crippen LogP contribution in [0.2, 0.25) is 0 Å². The Labute approximate surface area is 169 Å². The van der Waals surface area contributed by atoms with Gasteiger partial charge in [-0.05, 0) is 31.9 Å². The molecule has 4 rings (SSSR count). The number of hydrogen-bond acceptors (Lipinski definition) is 7. The summed E-state index contributed by atoms with van der Waals surface area (Å²) in [5, 5.41) is 6.26. The number of aromatic nitrogens is 4. The molecule has 0 spiro atoms. The smallest absolute Gasteiger partial charge is 0.359 e. The molecule has 0 aliphatic carbocycles. The molecule has 1 saturated heterocycles. The number of thiazole rings is 1. The first kappa shape index (κ1) is 19.6. The molecule has 4 heterocycles. The van der Waals surface area contributed by atoms with Crippen LogP contribution in [0.5, 0.6) is 0 Å². The van der Waals surface area contributed by atoms with E-state index in [1.807, 2.05) is 17.2 Å². The Morgan fingerprint density at radius 3 is 2.55 bits per heavy atom. The summed E-state index contributed by atoms with van der Waals surface area (Å²) in [5.41, 5.74) is 0.329. The van der Waals surface area contributed by atoms with Crippen LogP contribution in [0.4, 0.5) is 24.1 Å². The van der Waals surface area contributed by atoms with Gasteiger partial charge in [0.15, 0.2) is 16.6 Å². The molecule has 6 nitrogen and oxygen atoms in total. The molecular formula is C19H19F3N6S. The minimum Gasteiger partial charge on any atom is -0.359 e. The number of pyridine rings is 1. The summed E-state index contributed by atoms with van der Waals surface area (Å²) in [6, 6.07) is 6.24. The van der Waals surface area contributed by atoms with Gasteiger partial charge >= 0.3 is 6.18 Å². The summed E-state index contributed by atoms with van der Waals surface area (Å²) in [5.74, 6) is 0.255. The summed E-state index contributed by atoms with van der Waals surface area (Å²) in [6.07, 6.45) is -1.48. The lowest BCUT2D eigenvalue weighted by molar-refractivity contribution is -0.141. The Kier molecular flexibility index (Phi) is 5.35. The summed E-state index contributed by atoms with van der Waals surface area (Å²) in [4.78, 5) is 18.4. The number of anilines is 2. The van der Waals surface area contributed by atoms with E-state index in [1.54, 1.807) is 29.5 Å². The van der Waals surface area contributed by atoms with Gasteiger partial charge in [0.25, 0.3) is 0 Å². The van der Waals surface area contributed by atoms with Gasteiger partial charge in [-0.2, -0.15) is 13.2 Å². The van der Waals surface area contributed by atoms with E-state index >= 15 is 0 Å². The summed E-state index contributed by atoms with van der Waals surface area (Å²) < 4.78 is 40.2. The number of piperidine rings is 1. The van der Waals surface area contributed by atoms with Crippen molar-refractivity contribution in [3.05, 3.63) is 47.2 Å². The minimum atomic E-state index is -4.55. The average Bonchev–Trinajstić information content (AvgIpc) is 3.13. The zero-order valence-corrected chi connectivity index (χ0v) is 16.5. The van der Waals surface area contributed by atoms with Gasteiger partial charge in [-0.1, -0.05) is 6.07 Å². The normalized spacial score (nSPS) is 15.5. The molecule has 0 bridgehead atoms. The Balaban J connectivity index is 1.53. The van der Waals surface area contributed by atoms with Crippen molar-refractivity contribution < 1.29 is 13.2 Å². The van der Waals surface area contributed by atoms with Crippen LogP contribution < -0.4 is 10.2 Å². The highest BCUT2D eigenvalue weighted by Crippen LogP contribution is 2.32. The van der Waals surface area contributed by atoms with Crippen molar-refractivity contribution in [3.8, 4) is 11.5 Å². The average molecular weight is 420 g/mol. The topological polar surface area (TPSA) is 66.8 Å². The molecule has 0 radical (unpaired) electrons. The maximum atomic E-state index is 13.4. The van der Waals surface area contributed by atoms with E-state index in [0.29, 0.717) is 18.8 Å². The lowest BCUT2D eigenvalue weighted by Crippen LogP contribution is -2.39. The maximum Gasteiger partial charge on any atom is 0.433 e. The first-order valence-electron chi connectivity index (χ1n) is 9.20. The molecule has 0 unspecified atom stereocenters. The van der Waals surface area contributed by atoms with Crippen LogP contribution >= 0.6 is 11.3 Å². The molecule has 152 valence electrons. The Morgan fingerprint density at radius 1 is 1.14 bits per heavy atom. The number of aryl methyl sites for hydroxylation is 1. The van der Waals surface area contributed by atoms with Crippen LogP contribution in [0.25, 0.3) is 11.5 Å². The van der Waals surface area contributed by atoms with E-state index in [9.17, 15) is 13.2 Å². The molecular weight excluding hydrogens is 401 g/mol. The lowest BCUT2D eigenvalue weighted by Gasteiger charge is -2.33. The highest BCUT2D eigenvalue weighted by atomic mass is 32.1. The molecule has 1 aliphatic rings. The molecule has 0 amide bonds. The number of halogens is 3. The molecule has 1 aliphatic heterocycles. The van der Waals surface area contributed by atoms with E-state index in [4.69, 9.17) is 0 Å². The summed E-state index contributed by atoms with van der Waals surface area (Å²) in [7, 11) is 0. The number of alkyl halides is 3. The third kappa shape index (κ3) is 4.64. The van der Waals surface area contributed by atoms with Crippen molar-refractivity contribution in [3.63, 3.8) is 0 Å². The summed E-state index contributed by atoms with van der Waals surface area (Å²) in [6.45, 7) is 3.13. The van der Waals surface area contributed by atoms with Gasteiger partial charge in [-0.3, -0.25) is 4.98 Å². The van der Waals surface area contributed by atoms with Crippen molar-refractivity contribution >= 4 is 22.3 Å². The first-order chi connectivity index (χ1) is 13.9. The monoisotopic (exact) mass is 420 g/mol. The van der Waals surface area contributed by atoms with Crippen molar-refractivity contribution in [2.75, 3.05) is 23.3 Å². The Hall–Kier alpha value is -2.75. The Bertz CT molecular complexity index is 968. The molecule has 0 saturated carbocycles.